The lowest BCUT2D eigenvalue weighted by atomic mass is 9.92. The van der Waals surface area contributed by atoms with Crippen molar-refractivity contribution in [2.24, 2.45) is 5.92 Å². The van der Waals surface area contributed by atoms with Crippen molar-refractivity contribution < 1.29 is 23.2 Å². The highest BCUT2D eigenvalue weighted by Gasteiger charge is 2.56. The van der Waals surface area contributed by atoms with Crippen LogP contribution in [0.3, 0.4) is 0 Å². The van der Waals surface area contributed by atoms with Gasteiger partial charge in [0.15, 0.2) is 5.78 Å². The van der Waals surface area contributed by atoms with Crippen LogP contribution in [-0.4, -0.2) is 61.3 Å². The van der Waals surface area contributed by atoms with Gasteiger partial charge in [-0.3, -0.25) is 24.0 Å². The predicted octanol–water partition coefficient (Wildman–Crippen LogP) is 2.32. The van der Waals surface area contributed by atoms with Gasteiger partial charge in [-0.2, -0.15) is 5.10 Å². The summed E-state index contributed by atoms with van der Waals surface area (Å²) in [6.07, 6.45) is 4.62. The zero-order valence-electron chi connectivity index (χ0n) is 17.8. The molecule has 2 aromatic heterocycles. The van der Waals surface area contributed by atoms with Crippen molar-refractivity contribution in [2.75, 3.05) is 0 Å². The molecule has 2 aromatic rings. The van der Waals surface area contributed by atoms with E-state index in [1.807, 2.05) is 0 Å². The zero-order chi connectivity index (χ0) is 22.6. The van der Waals surface area contributed by atoms with E-state index >= 15 is 0 Å². The average Bonchev–Trinajstić information content (AvgIpc) is 3.25. The van der Waals surface area contributed by atoms with E-state index in [9.17, 15) is 23.2 Å². The Morgan fingerprint density at radius 1 is 1.22 bits per heavy atom. The highest BCUT2D eigenvalue weighted by molar-refractivity contribution is 6.04. The molecule has 8 nitrogen and oxygen atoms in total. The Morgan fingerprint density at radius 3 is 2.69 bits per heavy atom. The Kier molecular flexibility index (Phi) is 4.98. The second-order valence-corrected chi connectivity index (χ2v) is 9.21. The molecule has 10 heteroatoms. The summed E-state index contributed by atoms with van der Waals surface area (Å²) in [6, 6.07) is 0.842. The predicted molar refractivity (Wildman–Crippen MR) is 110 cm³/mol. The van der Waals surface area contributed by atoms with Gasteiger partial charge in [-0.1, -0.05) is 0 Å². The third kappa shape index (κ3) is 3.75. The number of fused-ring (bicyclic) bond motifs is 2. The minimum atomic E-state index is -2.65. The molecule has 2 saturated carbocycles. The monoisotopic (exact) mass is 445 g/mol. The molecule has 0 unspecified atom stereocenters. The van der Waals surface area contributed by atoms with Crippen LogP contribution in [0.4, 0.5) is 8.78 Å². The molecule has 1 N–H and O–H groups in total. The van der Waals surface area contributed by atoms with Crippen LogP contribution in [-0.2, 0) is 16.1 Å². The number of piperidine rings is 1. The number of likely N-dealkylation sites (tertiary alicyclic amines) is 1. The van der Waals surface area contributed by atoms with Gasteiger partial charge >= 0.3 is 0 Å². The number of amides is 2. The maximum atomic E-state index is 13.4. The lowest BCUT2D eigenvalue weighted by molar-refractivity contribution is -0.141. The molecule has 3 aliphatic rings. The molecule has 1 aliphatic heterocycles. The summed E-state index contributed by atoms with van der Waals surface area (Å²) in [7, 11) is 0. The molecular weight excluding hydrogens is 420 g/mol. The van der Waals surface area contributed by atoms with Gasteiger partial charge in [0, 0.05) is 43.4 Å². The molecule has 170 valence electrons. The molecule has 0 bridgehead atoms. The van der Waals surface area contributed by atoms with Crippen molar-refractivity contribution in [3.05, 3.63) is 24.2 Å². The van der Waals surface area contributed by atoms with Crippen molar-refractivity contribution in [3.63, 3.8) is 0 Å². The van der Waals surface area contributed by atoms with Gasteiger partial charge in [0.25, 0.3) is 0 Å². The first-order chi connectivity index (χ1) is 15.2. The third-order valence-electron chi connectivity index (χ3n) is 6.93. The Bertz CT molecular complexity index is 1090. The van der Waals surface area contributed by atoms with Gasteiger partial charge in [0.2, 0.25) is 17.7 Å². The van der Waals surface area contributed by atoms with E-state index in [1.165, 1.54) is 11.6 Å². The molecule has 3 fully saturated rings. The minimum Gasteiger partial charge on any atom is -0.352 e. The fraction of sp³-hybridized carbons (Fsp3) is 0.591. The number of alkyl halides is 2. The highest BCUT2D eigenvalue weighted by atomic mass is 19.3. The molecular formula is C22H25F2N5O3. The van der Waals surface area contributed by atoms with E-state index in [0.29, 0.717) is 23.2 Å². The van der Waals surface area contributed by atoms with Crippen molar-refractivity contribution >= 4 is 28.5 Å². The summed E-state index contributed by atoms with van der Waals surface area (Å²) < 4.78 is 28.3. The van der Waals surface area contributed by atoms with E-state index < -0.39 is 12.0 Å². The number of carbonyl (C=O) groups excluding carboxylic acids is 3. The van der Waals surface area contributed by atoms with Gasteiger partial charge in [-0.05, 0) is 37.7 Å². The molecule has 2 amide bonds. The lowest BCUT2D eigenvalue weighted by Crippen LogP contribution is -2.52. The largest absolute Gasteiger partial charge is 0.352 e. The van der Waals surface area contributed by atoms with Crippen LogP contribution in [0, 0.1) is 5.92 Å². The Hall–Kier alpha value is -2.91. The van der Waals surface area contributed by atoms with Crippen LogP contribution >= 0.6 is 0 Å². The summed E-state index contributed by atoms with van der Waals surface area (Å²) in [6.45, 7) is 1.32. The zero-order valence-corrected chi connectivity index (χ0v) is 17.8. The molecule has 1 saturated heterocycles. The quantitative estimate of drug-likeness (QED) is 0.713. The molecule has 5 rings (SSSR count). The number of rotatable bonds is 5. The number of halogens is 2. The van der Waals surface area contributed by atoms with Crippen LogP contribution in [0.25, 0.3) is 10.9 Å². The van der Waals surface area contributed by atoms with E-state index in [2.05, 4.69) is 15.4 Å². The molecule has 0 aromatic carbocycles. The van der Waals surface area contributed by atoms with Gasteiger partial charge in [-0.25, -0.2) is 8.78 Å². The first-order valence-corrected chi connectivity index (χ1v) is 11.0. The van der Waals surface area contributed by atoms with Crippen LogP contribution in [0.1, 0.15) is 55.9 Å². The van der Waals surface area contributed by atoms with Gasteiger partial charge < -0.3 is 10.2 Å². The number of ketones is 1. The summed E-state index contributed by atoms with van der Waals surface area (Å²) >= 11 is 0. The van der Waals surface area contributed by atoms with Crippen LogP contribution in [0.5, 0.6) is 0 Å². The van der Waals surface area contributed by atoms with E-state index in [4.69, 9.17) is 0 Å². The Morgan fingerprint density at radius 2 is 1.97 bits per heavy atom. The number of nitrogens with one attached hydrogen (secondary N) is 1. The number of pyridine rings is 1. The number of nitrogens with zero attached hydrogens (tertiary/aromatic N) is 4. The number of hydrogen-bond acceptors (Lipinski definition) is 5. The summed E-state index contributed by atoms with van der Waals surface area (Å²) in [5.41, 5.74) is 0.867. The van der Waals surface area contributed by atoms with Crippen molar-refractivity contribution in [1.82, 2.24) is 25.0 Å². The fourth-order valence-corrected chi connectivity index (χ4v) is 5.14. The number of Topliss-reactive ketones (excluding diaryl/α,β-unsaturated/α-hetero) is 1. The van der Waals surface area contributed by atoms with Crippen molar-refractivity contribution in [2.45, 2.75) is 76.0 Å². The molecule has 0 radical (unpaired) electrons. The van der Waals surface area contributed by atoms with Crippen molar-refractivity contribution in [3.8, 4) is 0 Å². The van der Waals surface area contributed by atoms with Crippen molar-refractivity contribution in [1.29, 1.82) is 0 Å². The topological polar surface area (TPSA) is 97.2 Å². The fourth-order valence-electron chi connectivity index (χ4n) is 5.14. The number of aromatic nitrogens is 3. The molecule has 32 heavy (non-hydrogen) atoms. The average molecular weight is 445 g/mol. The summed E-state index contributed by atoms with van der Waals surface area (Å²) in [5.74, 6) is -3.07. The SMILES string of the molecule is CC(=O)c1nn(CC(=O)N2[C@@H]3C[C@@H]3C[C@H]2C(=O)NC2CCC(F)(F)CC2)c2cnccc12. The first-order valence-electron chi connectivity index (χ1n) is 11.0. The third-order valence-corrected chi connectivity index (χ3v) is 6.93. The highest BCUT2D eigenvalue weighted by Crippen LogP contribution is 2.48. The maximum absolute atomic E-state index is 13.4. The smallest absolute Gasteiger partial charge is 0.248 e. The molecule has 0 spiro atoms. The summed E-state index contributed by atoms with van der Waals surface area (Å²) in [5, 5.41) is 7.85. The van der Waals surface area contributed by atoms with E-state index in [-0.39, 0.29) is 67.6 Å². The number of carbonyl (C=O) groups is 3. The minimum absolute atomic E-state index is 0.0289. The summed E-state index contributed by atoms with van der Waals surface area (Å²) in [4.78, 5) is 43.9. The normalized spacial score (nSPS) is 26.7. The van der Waals surface area contributed by atoms with Gasteiger partial charge in [0.05, 0.1) is 11.7 Å². The Balaban J connectivity index is 1.31. The Labute approximate surface area is 183 Å². The van der Waals surface area contributed by atoms with Gasteiger partial charge in [0.1, 0.15) is 18.3 Å². The number of hydrogen-bond donors (Lipinski definition) is 1. The van der Waals surface area contributed by atoms with E-state index in [0.717, 1.165) is 6.42 Å². The first kappa shape index (κ1) is 21.0. The van der Waals surface area contributed by atoms with E-state index in [1.54, 1.807) is 23.4 Å². The molecule has 2 aliphatic carbocycles. The van der Waals surface area contributed by atoms with Gasteiger partial charge in [-0.15, -0.1) is 0 Å². The molecule has 3 heterocycles. The lowest BCUT2D eigenvalue weighted by Gasteiger charge is -2.32. The maximum Gasteiger partial charge on any atom is 0.248 e. The second kappa shape index (κ2) is 7.60. The second-order valence-electron chi connectivity index (χ2n) is 9.21. The van der Waals surface area contributed by atoms with Crippen LogP contribution < -0.4 is 5.32 Å². The molecule has 3 atom stereocenters. The van der Waals surface area contributed by atoms with Crippen LogP contribution in [0.15, 0.2) is 18.5 Å². The standard InChI is InChI=1S/C22H25F2N5O3/c1-12(30)20-15-4-7-25-10-18(15)28(27-20)11-19(31)29-16-8-13(16)9-17(29)21(32)26-14-2-5-22(23,24)6-3-14/h4,7,10,13-14,16-17H,2-3,5-6,8-9,11H2,1H3,(H,26,32)/t13-,16-,17+/m1/s1. The van der Waals surface area contributed by atoms with Crippen LogP contribution in [0.2, 0.25) is 0 Å².